The summed E-state index contributed by atoms with van der Waals surface area (Å²) in [5, 5.41) is 8.90. The van der Waals surface area contributed by atoms with E-state index < -0.39 is 11.6 Å². The summed E-state index contributed by atoms with van der Waals surface area (Å²) in [6, 6.07) is 0. The van der Waals surface area contributed by atoms with Crippen LogP contribution in [0, 0.1) is 5.92 Å². The van der Waals surface area contributed by atoms with Gasteiger partial charge in [0.05, 0.1) is 17.1 Å². The monoisotopic (exact) mass is 172 g/mol. The minimum atomic E-state index is -0.759. The smallest absolute Gasteiger partial charge is 0.309 e. The van der Waals surface area contributed by atoms with Gasteiger partial charge in [0.15, 0.2) is 0 Å². The van der Waals surface area contributed by atoms with E-state index in [9.17, 15) is 4.79 Å². The largest absolute Gasteiger partial charge is 0.481 e. The SMILES string of the molecule is CC1(C)C[C@H](C(=O)O)C(C)(C)O1. The molecule has 70 valence electrons. The first kappa shape index (κ1) is 9.52. The first-order valence-corrected chi connectivity index (χ1v) is 4.18. The maximum atomic E-state index is 10.8. The summed E-state index contributed by atoms with van der Waals surface area (Å²) in [4.78, 5) is 10.8. The highest BCUT2D eigenvalue weighted by molar-refractivity contribution is 5.72. The van der Waals surface area contributed by atoms with E-state index in [2.05, 4.69) is 0 Å². The maximum Gasteiger partial charge on any atom is 0.309 e. The predicted octanol–water partition coefficient (Wildman–Crippen LogP) is 1.66. The molecular formula is C9H16O3. The summed E-state index contributed by atoms with van der Waals surface area (Å²) >= 11 is 0. The van der Waals surface area contributed by atoms with Crippen LogP contribution in [0.2, 0.25) is 0 Å². The molecule has 12 heavy (non-hydrogen) atoms. The highest BCUT2D eigenvalue weighted by Crippen LogP contribution is 2.41. The van der Waals surface area contributed by atoms with Crippen molar-refractivity contribution in [2.45, 2.75) is 45.3 Å². The molecule has 1 aliphatic rings. The van der Waals surface area contributed by atoms with Crippen molar-refractivity contribution < 1.29 is 14.6 Å². The van der Waals surface area contributed by atoms with E-state index in [0.29, 0.717) is 6.42 Å². The molecular weight excluding hydrogens is 156 g/mol. The quantitative estimate of drug-likeness (QED) is 0.654. The Morgan fingerprint density at radius 2 is 1.92 bits per heavy atom. The molecule has 1 rings (SSSR count). The van der Waals surface area contributed by atoms with Gasteiger partial charge in [0.25, 0.3) is 0 Å². The number of hydrogen-bond donors (Lipinski definition) is 1. The summed E-state index contributed by atoms with van der Waals surface area (Å²) < 4.78 is 5.63. The zero-order valence-corrected chi connectivity index (χ0v) is 8.05. The fourth-order valence-electron chi connectivity index (χ4n) is 1.95. The molecule has 0 unspecified atom stereocenters. The number of carbonyl (C=O) groups is 1. The molecule has 1 atom stereocenters. The topological polar surface area (TPSA) is 46.5 Å². The van der Waals surface area contributed by atoms with Crippen molar-refractivity contribution in [3.8, 4) is 0 Å². The third-order valence-electron chi connectivity index (χ3n) is 2.37. The molecule has 1 aliphatic heterocycles. The summed E-state index contributed by atoms with van der Waals surface area (Å²) in [7, 11) is 0. The first-order chi connectivity index (χ1) is 5.25. The number of rotatable bonds is 1. The molecule has 0 aromatic carbocycles. The van der Waals surface area contributed by atoms with E-state index in [1.807, 2.05) is 27.7 Å². The Morgan fingerprint density at radius 3 is 2.08 bits per heavy atom. The van der Waals surface area contributed by atoms with Crippen LogP contribution in [-0.4, -0.2) is 22.3 Å². The molecule has 3 heteroatoms. The van der Waals surface area contributed by atoms with Gasteiger partial charge < -0.3 is 9.84 Å². The predicted molar refractivity (Wildman–Crippen MR) is 45.0 cm³/mol. The van der Waals surface area contributed by atoms with Crippen molar-refractivity contribution in [2.24, 2.45) is 5.92 Å². The van der Waals surface area contributed by atoms with E-state index in [1.165, 1.54) is 0 Å². The van der Waals surface area contributed by atoms with Crippen LogP contribution in [0.5, 0.6) is 0 Å². The van der Waals surface area contributed by atoms with Crippen LogP contribution < -0.4 is 0 Å². The van der Waals surface area contributed by atoms with Crippen LogP contribution in [0.15, 0.2) is 0 Å². The normalized spacial score (nSPS) is 31.8. The molecule has 0 radical (unpaired) electrons. The average Bonchev–Trinajstić information content (AvgIpc) is 1.99. The number of hydrogen-bond acceptors (Lipinski definition) is 2. The summed E-state index contributed by atoms with van der Waals surface area (Å²) in [6.07, 6.45) is 0.593. The van der Waals surface area contributed by atoms with E-state index in [4.69, 9.17) is 9.84 Å². The van der Waals surface area contributed by atoms with Gasteiger partial charge in [-0.25, -0.2) is 0 Å². The lowest BCUT2D eigenvalue weighted by Gasteiger charge is -2.25. The van der Waals surface area contributed by atoms with Crippen LogP contribution in [-0.2, 0) is 9.53 Å². The molecule has 3 nitrogen and oxygen atoms in total. The number of carboxylic acids is 1. The molecule has 0 aliphatic carbocycles. The second-order valence-corrected chi connectivity index (χ2v) is 4.56. The van der Waals surface area contributed by atoms with E-state index >= 15 is 0 Å². The molecule has 0 bridgehead atoms. The van der Waals surface area contributed by atoms with Crippen LogP contribution in [0.3, 0.4) is 0 Å². The molecule has 0 aromatic heterocycles. The number of ether oxygens (including phenoxy) is 1. The minimum Gasteiger partial charge on any atom is -0.481 e. The molecule has 1 N–H and O–H groups in total. The van der Waals surface area contributed by atoms with Gasteiger partial charge in [-0.1, -0.05) is 0 Å². The number of carboxylic acid groups (broad SMARTS) is 1. The van der Waals surface area contributed by atoms with Crippen molar-refractivity contribution in [1.29, 1.82) is 0 Å². The van der Waals surface area contributed by atoms with E-state index in [-0.39, 0.29) is 11.5 Å². The van der Waals surface area contributed by atoms with Crippen LogP contribution in [0.4, 0.5) is 0 Å². The van der Waals surface area contributed by atoms with Crippen LogP contribution in [0.1, 0.15) is 34.1 Å². The zero-order chi connectivity index (χ0) is 9.57. The molecule has 1 fully saturated rings. The third kappa shape index (κ3) is 1.61. The summed E-state index contributed by atoms with van der Waals surface area (Å²) in [5.41, 5.74) is -0.831. The Balaban J connectivity index is 2.85. The van der Waals surface area contributed by atoms with Gasteiger partial charge in [-0.2, -0.15) is 0 Å². The first-order valence-electron chi connectivity index (χ1n) is 4.18. The molecule has 1 heterocycles. The Kier molecular flexibility index (Phi) is 1.95. The highest BCUT2D eigenvalue weighted by Gasteiger charge is 2.49. The lowest BCUT2D eigenvalue weighted by Crippen LogP contribution is -2.33. The molecule has 0 spiro atoms. The third-order valence-corrected chi connectivity index (χ3v) is 2.37. The standard InChI is InChI=1S/C9H16O3/c1-8(2)5-6(7(10)11)9(3,4)12-8/h6H,5H2,1-4H3,(H,10,11)/t6-/m1/s1. The van der Waals surface area contributed by atoms with Crippen molar-refractivity contribution in [2.75, 3.05) is 0 Å². The second-order valence-electron chi connectivity index (χ2n) is 4.56. The zero-order valence-electron chi connectivity index (χ0n) is 8.05. The van der Waals surface area contributed by atoms with Crippen LogP contribution >= 0.6 is 0 Å². The molecule has 0 saturated carbocycles. The fourth-order valence-corrected chi connectivity index (χ4v) is 1.95. The Labute approximate surface area is 72.7 Å². The molecule has 0 aromatic rings. The van der Waals surface area contributed by atoms with Gasteiger partial charge >= 0.3 is 5.97 Å². The maximum absolute atomic E-state index is 10.8. The van der Waals surface area contributed by atoms with Crippen molar-refractivity contribution in [1.82, 2.24) is 0 Å². The lowest BCUT2D eigenvalue weighted by molar-refractivity contribution is -0.148. The molecule has 0 amide bonds. The number of aliphatic carboxylic acids is 1. The Morgan fingerprint density at radius 1 is 1.42 bits per heavy atom. The van der Waals surface area contributed by atoms with Crippen molar-refractivity contribution in [3.05, 3.63) is 0 Å². The molecule has 1 saturated heterocycles. The van der Waals surface area contributed by atoms with Gasteiger partial charge in [-0.05, 0) is 34.1 Å². The Hall–Kier alpha value is -0.570. The van der Waals surface area contributed by atoms with Crippen LogP contribution in [0.25, 0.3) is 0 Å². The highest BCUT2D eigenvalue weighted by atomic mass is 16.5. The lowest BCUT2D eigenvalue weighted by atomic mass is 9.88. The average molecular weight is 172 g/mol. The minimum absolute atomic E-state index is 0.299. The van der Waals surface area contributed by atoms with Gasteiger partial charge in [-0.3, -0.25) is 4.79 Å². The summed E-state index contributed by atoms with van der Waals surface area (Å²) in [6.45, 7) is 7.52. The fraction of sp³-hybridized carbons (Fsp3) is 0.889. The van der Waals surface area contributed by atoms with E-state index in [1.54, 1.807) is 0 Å². The Bertz CT molecular complexity index is 206. The van der Waals surface area contributed by atoms with Gasteiger partial charge in [0, 0.05) is 0 Å². The van der Waals surface area contributed by atoms with Gasteiger partial charge in [-0.15, -0.1) is 0 Å². The van der Waals surface area contributed by atoms with Gasteiger partial charge in [0.2, 0.25) is 0 Å². The second kappa shape index (κ2) is 2.46. The van der Waals surface area contributed by atoms with Crippen molar-refractivity contribution in [3.63, 3.8) is 0 Å². The van der Waals surface area contributed by atoms with Gasteiger partial charge in [0.1, 0.15) is 0 Å². The van der Waals surface area contributed by atoms with Crippen molar-refractivity contribution >= 4 is 5.97 Å². The summed E-state index contributed by atoms with van der Waals surface area (Å²) in [5.74, 6) is -1.14. The van der Waals surface area contributed by atoms with E-state index in [0.717, 1.165) is 0 Å².